The van der Waals surface area contributed by atoms with E-state index in [0.29, 0.717) is 6.54 Å². The largest absolute Gasteiger partial charge is 0.303 e. The van der Waals surface area contributed by atoms with Crippen LogP contribution < -0.4 is 4.72 Å². The normalized spacial score (nSPS) is 23.1. The fourth-order valence-corrected chi connectivity index (χ4v) is 4.75. The van der Waals surface area contributed by atoms with E-state index in [9.17, 15) is 8.42 Å². The molecule has 5 heteroatoms. The second-order valence-electron chi connectivity index (χ2n) is 7.20. The highest BCUT2D eigenvalue weighted by molar-refractivity contribution is 7.88. The van der Waals surface area contributed by atoms with Gasteiger partial charge in [0.25, 0.3) is 0 Å². The topological polar surface area (TPSA) is 49.4 Å². The summed E-state index contributed by atoms with van der Waals surface area (Å²) in [6, 6.07) is 7.67. The van der Waals surface area contributed by atoms with Crippen molar-refractivity contribution in [1.82, 2.24) is 9.62 Å². The lowest BCUT2D eigenvalue weighted by Crippen LogP contribution is -2.40. The van der Waals surface area contributed by atoms with Crippen LogP contribution in [0.5, 0.6) is 0 Å². The van der Waals surface area contributed by atoms with Gasteiger partial charge < -0.3 is 4.90 Å². The average molecular weight is 339 g/mol. The summed E-state index contributed by atoms with van der Waals surface area (Å²) in [4.78, 5) is 2.47. The Morgan fingerprint density at radius 1 is 1.22 bits per heavy atom. The highest BCUT2D eigenvalue weighted by Gasteiger charge is 2.21. The predicted octanol–water partition coefficient (Wildman–Crippen LogP) is 2.78. The van der Waals surface area contributed by atoms with E-state index in [0.717, 1.165) is 49.0 Å². The monoisotopic (exact) mass is 338 g/mol. The molecule has 130 valence electrons. The Hall–Kier alpha value is -0.910. The molecule has 0 radical (unpaired) electrons. The second kappa shape index (κ2) is 8.27. The number of nitrogens with one attached hydrogen (secondary N) is 1. The van der Waals surface area contributed by atoms with E-state index in [2.05, 4.69) is 23.5 Å². The molecule has 0 bridgehead atoms. The van der Waals surface area contributed by atoms with Crippen LogP contribution in [0.1, 0.15) is 37.8 Å². The minimum absolute atomic E-state index is 0.0620. The van der Waals surface area contributed by atoms with Gasteiger partial charge in [0.15, 0.2) is 0 Å². The van der Waals surface area contributed by atoms with E-state index in [1.165, 1.54) is 6.42 Å². The molecular formula is C18H30N2O2S. The molecule has 0 aromatic heterocycles. The number of likely N-dealkylation sites (tertiary alicyclic amines) is 1. The van der Waals surface area contributed by atoms with Crippen molar-refractivity contribution in [2.24, 2.45) is 11.8 Å². The first-order valence-corrected chi connectivity index (χ1v) is 10.2. The van der Waals surface area contributed by atoms with Gasteiger partial charge in [0.2, 0.25) is 10.0 Å². The van der Waals surface area contributed by atoms with Crippen LogP contribution in [-0.4, -0.2) is 39.5 Å². The molecule has 1 aromatic rings. The lowest BCUT2D eigenvalue weighted by molar-refractivity contribution is 0.140. The minimum atomic E-state index is -3.24. The van der Waals surface area contributed by atoms with Crippen molar-refractivity contribution in [2.45, 2.75) is 39.4 Å². The van der Waals surface area contributed by atoms with Gasteiger partial charge in [-0.3, -0.25) is 0 Å². The van der Waals surface area contributed by atoms with Gasteiger partial charge in [-0.25, -0.2) is 13.1 Å². The Labute approximate surface area is 141 Å². The molecule has 0 aliphatic carbocycles. The summed E-state index contributed by atoms with van der Waals surface area (Å²) in [6.07, 6.45) is 2.17. The van der Waals surface area contributed by atoms with Crippen LogP contribution in [-0.2, 0) is 15.8 Å². The van der Waals surface area contributed by atoms with Gasteiger partial charge in [0, 0.05) is 19.6 Å². The van der Waals surface area contributed by atoms with Gasteiger partial charge in [0.1, 0.15) is 0 Å². The molecule has 0 saturated carbocycles. The Bertz CT molecular complexity index is 591. The molecule has 4 nitrogen and oxygen atoms in total. The fraction of sp³-hybridized carbons (Fsp3) is 0.667. The highest BCUT2D eigenvalue weighted by atomic mass is 32.2. The SMILES string of the molecule is Cc1cccc(CS(=O)(=O)NCCCN2CC(C)CC(C)C2)c1. The van der Waals surface area contributed by atoms with Crippen LogP contribution in [0.15, 0.2) is 24.3 Å². The molecule has 1 aliphatic heterocycles. The third-order valence-corrected chi connectivity index (χ3v) is 5.71. The molecule has 1 aromatic carbocycles. The van der Waals surface area contributed by atoms with Gasteiger partial charge in [-0.1, -0.05) is 43.7 Å². The van der Waals surface area contributed by atoms with Crippen LogP contribution in [0.2, 0.25) is 0 Å². The quantitative estimate of drug-likeness (QED) is 0.778. The summed E-state index contributed by atoms with van der Waals surface area (Å²) in [7, 11) is -3.24. The van der Waals surface area contributed by atoms with Gasteiger partial charge in [-0.15, -0.1) is 0 Å². The molecule has 0 spiro atoms. The predicted molar refractivity (Wildman–Crippen MR) is 95.8 cm³/mol. The van der Waals surface area contributed by atoms with Crippen LogP contribution in [0.25, 0.3) is 0 Å². The van der Waals surface area contributed by atoms with Crippen molar-refractivity contribution in [2.75, 3.05) is 26.2 Å². The zero-order valence-electron chi connectivity index (χ0n) is 14.6. The molecule has 1 saturated heterocycles. The molecule has 1 N–H and O–H groups in total. The van der Waals surface area contributed by atoms with Crippen LogP contribution in [0.4, 0.5) is 0 Å². The lowest BCUT2D eigenvalue weighted by atomic mass is 9.92. The zero-order valence-corrected chi connectivity index (χ0v) is 15.4. The first kappa shape index (κ1) is 18.4. The highest BCUT2D eigenvalue weighted by Crippen LogP contribution is 2.20. The first-order valence-electron chi connectivity index (χ1n) is 8.59. The molecule has 1 fully saturated rings. The minimum Gasteiger partial charge on any atom is -0.303 e. The van der Waals surface area contributed by atoms with Gasteiger partial charge in [0.05, 0.1) is 5.75 Å². The standard InChI is InChI=1S/C18H30N2O2S/c1-15-6-4-7-18(11-15)14-23(21,22)19-8-5-9-20-12-16(2)10-17(3)13-20/h4,6-7,11,16-17,19H,5,8-10,12-14H2,1-3H3. The van der Waals surface area contributed by atoms with E-state index < -0.39 is 10.0 Å². The van der Waals surface area contributed by atoms with E-state index in [1.807, 2.05) is 31.2 Å². The van der Waals surface area contributed by atoms with Gasteiger partial charge >= 0.3 is 0 Å². The number of piperidine rings is 1. The number of rotatable bonds is 7. The number of benzene rings is 1. The number of sulfonamides is 1. The Morgan fingerprint density at radius 3 is 2.57 bits per heavy atom. The molecule has 23 heavy (non-hydrogen) atoms. The van der Waals surface area contributed by atoms with Crippen molar-refractivity contribution >= 4 is 10.0 Å². The van der Waals surface area contributed by atoms with E-state index in [4.69, 9.17) is 0 Å². The van der Waals surface area contributed by atoms with E-state index in [1.54, 1.807) is 0 Å². The maximum Gasteiger partial charge on any atom is 0.215 e. The fourth-order valence-electron chi connectivity index (χ4n) is 3.58. The van der Waals surface area contributed by atoms with E-state index in [-0.39, 0.29) is 5.75 Å². The molecule has 1 aliphatic rings. The Morgan fingerprint density at radius 2 is 1.91 bits per heavy atom. The van der Waals surface area contributed by atoms with Gasteiger partial charge in [-0.2, -0.15) is 0 Å². The summed E-state index contributed by atoms with van der Waals surface area (Å²) >= 11 is 0. The average Bonchev–Trinajstić information content (AvgIpc) is 2.42. The van der Waals surface area contributed by atoms with Crippen LogP contribution in [0, 0.1) is 18.8 Å². The van der Waals surface area contributed by atoms with Crippen LogP contribution in [0.3, 0.4) is 0 Å². The first-order chi connectivity index (χ1) is 10.8. The van der Waals surface area contributed by atoms with Crippen molar-refractivity contribution in [1.29, 1.82) is 0 Å². The second-order valence-corrected chi connectivity index (χ2v) is 9.01. The number of hydrogen-bond donors (Lipinski definition) is 1. The Balaban J connectivity index is 1.72. The van der Waals surface area contributed by atoms with Crippen molar-refractivity contribution < 1.29 is 8.42 Å². The third-order valence-electron chi connectivity index (χ3n) is 4.36. The molecule has 2 atom stereocenters. The summed E-state index contributed by atoms with van der Waals surface area (Å²) < 4.78 is 27.0. The summed E-state index contributed by atoms with van der Waals surface area (Å²) in [5.74, 6) is 1.56. The lowest BCUT2D eigenvalue weighted by Gasteiger charge is -2.34. The van der Waals surface area contributed by atoms with Crippen molar-refractivity contribution in [3.8, 4) is 0 Å². The number of hydrogen-bond acceptors (Lipinski definition) is 3. The zero-order chi connectivity index (χ0) is 16.9. The van der Waals surface area contributed by atoms with Gasteiger partial charge in [-0.05, 0) is 43.7 Å². The Kier molecular flexibility index (Phi) is 6.62. The summed E-state index contributed by atoms with van der Waals surface area (Å²) in [5, 5.41) is 0. The molecule has 2 unspecified atom stereocenters. The maximum absolute atomic E-state index is 12.1. The van der Waals surface area contributed by atoms with Crippen molar-refractivity contribution in [3.05, 3.63) is 35.4 Å². The van der Waals surface area contributed by atoms with E-state index >= 15 is 0 Å². The molecular weight excluding hydrogens is 308 g/mol. The smallest absolute Gasteiger partial charge is 0.215 e. The number of aryl methyl sites for hydroxylation is 1. The molecule has 0 amide bonds. The van der Waals surface area contributed by atoms with Crippen LogP contribution >= 0.6 is 0 Å². The third kappa shape index (κ3) is 6.61. The molecule has 1 heterocycles. The number of nitrogens with zero attached hydrogens (tertiary/aromatic N) is 1. The maximum atomic E-state index is 12.1. The van der Waals surface area contributed by atoms with Crippen molar-refractivity contribution in [3.63, 3.8) is 0 Å². The molecule has 2 rings (SSSR count). The summed E-state index contributed by atoms with van der Waals surface area (Å²) in [5.41, 5.74) is 1.93. The summed E-state index contributed by atoms with van der Waals surface area (Å²) in [6.45, 7) is 10.3.